The van der Waals surface area contributed by atoms with Crippen LogP contribution in [0.1, 0.15) is 24.3 Å². The summed E-state index contributed by atoms with van der Waals surface area (Å²) in [5.41, 5.74) is 1.22. The fraction of sp³-hybridized carbons (Fsp3) is 0.389. The summed E-state index contributed by atoms with van der Waals surface area (Å²) < 4.78 is 33.4. The summed E-state index contributed by atoms with van der Waals surface area (Å²) >= 11 is 1.28. The highest BCUT2D eigenvalue weighted by atomic mass is 32.2. The summed E-state index contributed by atoms with van der Waals surface area (Å²) in [6.07, 6.45) is 2.74. The van der Waals surface area contributed by atoms with Crippen LogP contribution in [0.4, 0.5) is 0 Å². The lowest BCUT2D eigenvalue weighted by Crippen LogP contribution is -2.20. The van der Waals surface area contributed by atoms with E-state index in [-0.39, 0.29) is 10.8 Å². The van der Waals surface area contributed by atoms with E-state index in [0.29, 0.717) is 36.8 Å². The Morgan fingerprint density at radius 1 is 1.29 bits per heavy atom. The van der Waals surface area contributed by atoms with E-state index in [2.05, 4.69) is 10.1 Å². The van der Waals surface area contributed by atoms with Crippen LogP contribution in [-0.2, 0) is 27.7 Å². The maximum Gasteiger partial charge on any atom is 0.297 e. The van der Waals surface area contributed by atoms with Crippen molar-refractivity contribution >= 4 is 37.3 Å². The van der Waals surface area contributed by atoms with E-state index >= 15 is 0 Å². The van der Waals surface area contributed by atoms with Crippen molar-refractivity contribution in [2.75, 3.05) is 19.5 Å². The third-order valence-electron chi connectivity index (χ3n) is 4.18. The molecule has 0 saturated heterocycles. The summed E-state index contributed by atoms with van der Waals surface area (Å²) in [5.74, 6) is -0.389. The third kappa shape index (κ3) is 4.23. The van der Waals surface area contributed by atoms with Crippen LogP contribution in [0.2, 0.25) is 0 Å². The topological polar surface area (TPSA) is 95.6 Å². The SMILES string of the molecule is CCOCCn1c(=NC(=O)c2ccnn2CC)sc2cc(S(C)(=O)=O)ccc21. The molecule has 0 saturated carbocycles. The Morgan fingerprint density at radius 3 is 2.75 bits per heavy atom. The Labute approximate surface area is 167 Å². The summed E-state index contributed by atoms with van der Waals surface area (Å²) in [7, 11) is -3.32. The van der Waals surface area contributed by atoms with E-state index in [9.17, 15) is 13.2 Å². The van der Waals surface area contributed by atoms with Crippen molar-refractivity contribution in [3.05, 3.63) is 41.0 Å². The van der Waals surface area contributed by atoms with E-state index in [4.69, 9.17) is 4.74 Å². The van der Waals surface area contributed by atoms with Gasteiger partial charge in [0.05, 0.1) is 21.7 Å². The van der Waals surface area contributed by atoms with Crippen LogP contribution < -0.4 is 4.80 Å². The van der Waals surface area contributed by atoms with E-state index in [1.807, 2.05) is 18.4 Å². The lowest BCUT2D eigenvalue weighted by atomic mass is 10.3. The zero-order valence-corrected chi connectivity index (χ0v) is 17.6. The highest BCUT2D eigenvalue weighted by molar-refractivity contribution is 7.90. The molecule has 0 N–H and O–H groups in total. The lowest BCUT2D eigenvalue weighted by Gasteiger charge is -2.06. The normalized spacial score (nSPS) is 12.8. The average molecular weight is 423 g/mol. The molecule has 0 radical (unpaired) electrons. The Balaban J connectivity index is 2.13. The molecule has 10 heteroatoms. The molecule has 0 spiro atoms. The first kappa shape index (κ1) is 20.4. The van der Waals surface area contributed by atoms with Crippen molar-refractivity contribution < 1.29 is 17.9 Å². The minimum absolute atomic E-state index is 0.236. The first-order valence-corrected chi connectivity index (χ1v) is 11.6. The molecule has 28 heavy (non-hydrogen) atoms. The smallest absolute Gasteiger partial charge is 0.297 e. The molecule has 1 aromatic carbocycles. The fourth-order valence-electron chi connectivity index (χ4n) is 2.80. The van der Waals surface area contributed by atoms with Crippen LogP contribution in [0.25, 0.3) is 10.2 Å². The van der Waals surface area contributed by atoms with Crippen LogP contribution in [0, 0.1) is 0 Å². The average Bonchev–Trinajstić information content (AvgIpc) is 3.25. The second-order valence-electron chi connectivity index (χ2n) is 6.08. The van der Waals surface area contributed by atoms with Gasteiger partial charge in [0.25, 0.3) is 5.91 Å². The van der Waals surface area contributed by atoms with Gasteiger partial charge in [0.15, 0.2) is 14.6 Å². The van der Waals surface area contributed by atoms with Gasteiger partial charge in [-0.15, -0.1) is 0 Å². The van der Waals surface area contributed by atoms with Gasteiger partial charge in [-0.25, -0.2) is 8.42 Å². The van der Waals surface area contributed by atoms with Gasteiger partial charge in [0, 0.05) is 32.1 Å². The molecule has 0 fully saturated rings. The van der Waals surface area contributed by atoms with Gasteiger partial charge in [-0.3, -0.25) is 9.48 Å². The Morgan fingerprint density at radius 2 is 2.07 bits per heavy atom. The first-order valence-electron chi connectivity index (χ1n) is 8.87. The maximum absolute atomic E-state index is 12.7. The van der Waals surface area contributed by atoms with Gasteiger partial charge < -0.3 is 9.30 Å². The predicted octanol–water partition coefficient (Wildman–Crippen LogP) is 2.10. The summed E-state index contributed by atoms with van der Waals surface area (Å²) in [4.78, 5) is 17.7. The number of carbonyl (C=O) groups is 1. The van der Waals surface area contributed by atoms with E-state index in [1.165, 1.54) is 17.6 Å². The standard InChI is InChI=1S/C18H22N4O4S2/c1-4-22-15(8-9-19-22)17(23)20-18-21(10-11-26-5-2)14-7-6-13(28(3,24)25)12-16(14)27-18/h6-9,12H,4-5,10-11H2,1-3H3. The van der Waals surface area contributed by atoms with Crippen molar-refractivity contribution in [1.82, 2.24) is 14.3 Å². The summed E-state index contributed by atoms with van der Waals surface area (Å²) in [6.45, 7) is 5.93. The number of sulfone groups is 1. The van der Waals surface area contributed by atoms with Gasteiger partial charge in [-0.2, -0.15) is 10.1 Å². The van der Waals surface area contributed by atoms with E-state index < -0.39 is 9.84 Å². The number of rotatable bonds is 7. The molecule has 0 aliphatic heterocycles. The van der Waals surface area contributed by atoms with E-state index in [1.54, 1.807) is 35.1 Å². The molecule has 8 nitrogen and oxygen atoms in total. The Bertz CT molecular complexity index is 1170. The van der Waals surface area contributed by atoms with Crippen LogP contribution >= 0.6 is 11.3 Å². The van der Waals surface area contributed by atoms with Gasteiger partial charge in [-0.1, -0.05) is 11.3 Å². The number of thiazole rings is 1. The monoisotopic (exact) mass is 422 g/mol. The molecule has 0 unspecified atom stereocenters. The quantitative estimate of drug-likeness (QED) is 0.544. The number of hydrogen-bond donors (Lipinski definition) is 0. The molecule has 0 aliphatic rings. The van der Waals surface area contributed by atoms with Crippen LogP contribution in [0.3, 0.4) is 0 Å². The fourth-order valence-corrected chi connectivity index (χ4v) is 4.61. The van der Waals surface area contributed by atoms with Crippen molar-refractivity contribution in [3.8, 4) is 0 Å². The molecule has 150 valence electrons. The molecule has 3 rings (SSSR count). The number of amides is 1. The zero-order valence-electron chi connectivity index (χ0n) is 16.0. The number of nitrogens with zero attached hydrogens (tertiary/aromatic N) is 4. The molecule has 0 bridgehead atoms. The number of carbonyl (C=O) groups excluding carboxylic acids is 1. The minimum atomic E-state index is -3.32. The molecule has 3 aromatic rings. The number of aromatic nitrogens is 3. The van der Waals surface area contributed by atoms with Crippen LogP contribution in [0.5, 0.6) is 0 Å². The molecule has 2 heterocycles. The van der Waals surface area contributed by atoms with Crippen molar-refractivity contribution in [2.24, 2.45) is 4.99 Å². The number of benzene rings is 1. The molecule has 0 atom stereocenters. The van der Waals surface area contributed by atoms with E-state index in [0.717, 1.165) is 10.2 Å². The van der Waals surface area contributed by atoms with Crippen molar-refractivity contribution in [2.45, 2.75) is 31.8 Å². The molecule has 1 amide bonds. The van der Waals surface area contributed by atoms with Crippen molar-refractivity contribution in [3.63, 3.8) is 0 Å². The Hall–Kier alpha value is -2.30. The van der Waals surface area contributed by atoms with Gasteiger partial charge >= 0.3 is 0 Å². The summed E-state index contributed by atoms with van der Waals surface area (Å²) in [6, 6.07) is 6.56. The molecular weight excluding hydrogens is 400 g/mol. The zero-order chi connectivity index (χ0) is 20.3. The highest BCUT2D eigenvalue weighted by Gasteiger charge is 2.15. The second kappa shape index (κ2) is 8.38. The number of fused-ring (bicyclic) bond motifs is 1. The van der Waals surface area contributed by atoms with Crippen LogP contribution in [-0.4, -0.2) is 48.1 Å². The largest absolute Gasteiger partial charge is 0.380 e. The summed E-state index contributed by atoms with van der Waals surface area (Å²) in [5, 5.41) is 4.11. The molecule has 2 aromatic heterocycles. The maximum atomic E-state index is 12.7. The van der Waals surface area contributed by atoms with Gasteiger partial charge in [-0.05, 0) is 38.1 Å². The number of ether oxygens (including phenoxy) is 1. The molecular formula is C18H22N4O4S2. The highest BCUT2D eigenvalue weighted by Crippen LogP contribution is 2.22. The third-order valence-corrected chi connectivity index (χ3v) is 6.33. The van der Waals surface area contributed by atoms with Crippen molar-refractivity contribution in [1.29, 1.82) is 0 Å². The second-order valence-corrected chi connectivity index (χ2v) is 9.11. The predicted molar refractivity (Wildman–Crippen MR) is 107 cm³/mol. The van der Waals surface area contributed by atoms with Crippen LogP contribution in [0.15, 0.2) is 40.4 Å². The minimum Gasteiger partial charge on any atom is -0.380 e. The van der Waals surface area contributed by atoms with Gasteiger partial charge in [0.1, 0.15) is 5.69 Å². The first-order chi connectivity index (χ1) is 13.3. The molecule has 0 aliphatic carbocycles. The van der Waals surface area contributed by atoms with Gasteiger partial charge in [0.2, 0.25) is 0 Å². The number of hydrogen-bond acceptors (Lipinski definition) is 6. The Kier molecular flexibility index (Phi) is 6.11. The number of aryl methyl sites for hydroxylation is 1. The lowest BCUT2D eigenvalue weighted by molar-refractivity contribution is 0.0986.